The van der Waals surface area contributed by atoms with Crippen LogP contribution < -0.4 is 5.32 Å². The summed E-state index contributed by atoms with van der Waals surface area (Å²) >= 11 is 0. The molecule has 92 valence electrons. The molecule has 1 amide bonds. The van der Waals surface area contributed by atoms with Crippen molar-refractivity contribution in [2.45, 2.75) is 12.5 Å². The van der Waals surface area contributed by atoms with Gasteiger partial charge in [0.1, 0.15) is 17.9 Å². The highest BCUT2D eigenvalue weighted by Crippen LogP contribution is 2.25. The molecule has 1 fully saturated rings. The number of amides is 1. The van der Waals surface area contributed by atoms with E-state index in [1.54, 1.807) is 31.3 Å². The summed E-state index contributed by atoms with van der Waals surface area (Å²) in [7, 11) is 0. The van der Waals surface area contributed by atoms with E-state index in [-0.39, 0.29) is 12.4 Å². The van der Waals surface area contributed by atoms with Crippen molar-refractivity contribution in [3.05, 3.63) is 30.2 Å². The standard InChI is InChI=1S/C12H11N3O3/c1-12(6-18-11(17)15-12)10-13-5-7-4-8(16)2-3-9(7)14-10/h2-5,16H,6H2,1H3,(H,15,17). The summed E-state index contributed by atoms with van der Waals surface area (Å²) < 4.78 is 4.88. The summed E-state index contributed by atoms with van der Waals surface area (Å²) in [6, 6.07) is 4.85. The first-order valence-corrected chi connectivity index (χ1v) is 5.48. The molecule has 6 nitrogen and oxygen atoms in total. The number of carbonyl (C=O) groups is 1. The Balaban J connectivity index is 2.08. The largest absolute Gasteiger partial charge is 0.508 e. The van der Waals surface area contributed by atoms with Crippen molar-refractivity contribution in [1.82, 2.24) is 15.3 Å². The second kappa shape index (κ2) is 3.56. The molecular formula is C12H11N3O3. The minimum absolute atomic E-state index is 0.169. The van der Waals surface area contributed by atoms with Crippen LogP contribution in [0.4, 0.5) is 4.79 Å². The summed E-state index contributed by atoms with van der Waals surface area (Å²) in [6.45, 7) is 2.01. The second-order valence-electron chi connectivity index (χ2n) is 4.47. The minimum Gasteiger partial charge on any atom is -0.508 e. The molecule has 1 unspecified atom stereocenters. The number of fused-ring (bicyclic) bond motifs is 1. The molecule has 2 N–H and O–H groups in total. The summed E-state index contributed by atoms with van der Waals surface area (Å²) in [5.74, 6) is 0.661. The van der Waals surface area contributed by atoms with Crippen molar-refractivity contribution < 1.29 is 14.6 Å². The van der Waals surface area contributed by atoms with Crippen LogP contribution in [0, 0.1) is 0 Å². The van der Waals surface area contributed by atoms with Crippen LogP contribution in [0.15, 0.2) is 24.4 Å². The summed E-state index contributed by atoms with van der Waals surface area (Å²) in [6.07, 6.45) is 1.15. The van der Waals surface area contributed by atoms with Gasteiger partial charge in [0.05, 0.1) is 5.52 Å². The average molecular weight is 245 g/mol. The molecule has 18 heavy (non-hydrogen) atoms. The predicted octanol–water partition coefficient (Wildman–Crippen LogP) is 1.29. The van der Waals surface area contributed by atoms with Gasteiger partial charge in [-0.1, -0.05) is 0 Å². The first-order valence-electron chi connectivity index (χ1n) is 5.48. The van der Waals surface area contributed by atoms with Gasteiger partial charge in [-0.05, 0) is 25.1 Å². The number of benzene rings is 1. The van der Waals surface area contributed by atoms with Crippen LogP contribution in [0.3, 0.4) is 0 Å². The highest BCUT2D eigenvalue weighted by molar-refractivity contribution is 5.79. The zero-order valence-electron chi connectivity index (χ0n) is 9.67. The quantitative estimate of drug-likeness (QED) is 0.790. The Morgan fingerprint density at radius 3 is 3.06 bits per heavy atom. The number of rotatable bonds is 1. The molecule has 3 rings (SSSR count). The first-order chi connectivity index (χ1) is 8.57. The predicted molar refractivity (Wildman–Crippen MR) is 63.0 cm³/mol. The molecule has 1 saturated heterocycles. The van der Waals surface area contributed by atoms with Crippen LogP contribution in [0.5, 0.6) is 5.75 Å². The lowest BCUT2D eigenvalue weighted by Gasteiger charge is -2.19. The van der Waals surface area contributed by atoms with E-state index in [0.29, 0.717) is 11.3 Å². The lowest BCUT2D eigenvalue weighted by Crippen LogP contribution is -2.39. The van der Waals surface area contributed by atoms with Crippen LogP contribution in [0.25, 0.3) is 10.9 Å². The van der Waals surface area contributed by atoms with Crippen molar-refractivity contribution in [3.8, 4) is 5.75 Å². The number of phenols is 1. The van der Waals surface area contributed by atoms with Gasteiger partial charge in [0.15, 0.2) is 5.82 Å². The van der Waals surface area contributed by atoms with E-state index in [1.165, 1.54) is 0 Å². The third-order valence-corrected chi connectivity index (χ3v) is 2.93. The Morgan fingerprint density at radius 1 is 1.50 bits per heavy atom. The smallest absolute Gasteiger partial charge is 0.408 e. The molecule has 0 aliphatic carbocycles. The lowest BCUT2D eigenvalue weighted by atomic mass is 10.0. The normalized spacial score (nSPS) is 22.8. The number of hydrogen-bond acceptors (Lipinski definition) is 5. The number of nitrogens with zero attached hydrogens (tertiary/aromatic N) is 2. The van der Waals surface area contributed by atoms with Gasteiger partial charge in [0.2, 0.25) is 0 Å². The molecule has 6 heteroatoms. The Labute approximate surface area is 103 Å². The number of aromatic nitrogens is 2. The Morgan fingerprint density at radius 2 is 2.33 bits per heavy atom. The molecule has 1 aromatic heterocycles. The average Bonchev–Trinajstić information content (AvgIpc) is 2.70. The molecule has 1 aliphatic rings. The van der Waals surface area contributed by atoms with Gasteiger partial charge in [0, 0.05) is 11.6 Å². The van der Waals surface area contributed by atoms with Crippen LogP contribution in [0.2, 0.25) is 0 Å². The van der Waals surface area contributed by atoms with Crippen LogP contribution in [-0.2, 0) is 10.3 Å². The fraction of sp³-hybridized carbons (Fsp3) is 0.250. The van der Waals surface area contributed by atoms with Gasteiger partial charge in [-0.25, -0.2) is 14.8 Å². The monoisotopic (exact) mass is 245 g/mol. The first kappa shape index (κ1) is 10.8. The topological polar surface area (TPSA) is 84.3 Å². The van der Waals surface area contributed by atoms with Crippen molar-refractivity contribution >= 4 is 17.0 Å². The van der Waals surface area contributed by atoms with Crippen molar-refractivity contribution in [1.29, 1.82) is 0 Å². The van der Waals surface area contributed by atoms with E-state index in [1.807, 2.05) is 0 Å². The van der Waals surface area contributed by atoms with Crippen molar-refractivity contribution in [2.75, 3.05) is 6.61 Å². The Kier molecular flexibility index (Phi) is 2.13. The molecule has 2 heterocycles. The maximum Gasteiger partial charge on any atom is 0.408 e. The van der Waals surface area contributed by atoms with Gasteiger partial charge < -0.3 is 15.2 Å². The highest BCUT2D eigenvalue weighted by atomic mass is 16.6. The second-order valence-corrected chi connectivity index (χ2v) is 4.47. The fourth-order valence-corrected chi connectivity index (χ4v) is 1.91. The Hall–Kier alpha value is -2.37. The molecule has 0 saturated carbocycles. The van der Waals surface area contributed by atoms with Gasteiger partial charge in [-0.2, -0.15) is 0 Å². The van der Waals surface area contributed by atoms with E-state index < -0.39 is 11.6 Å². The van der Waals surface area contributed by atoms with E-state index in [4.69, 9.17) is 4.74 Å². The molecule has 1 aromatic carbocycles. The number of phenolic OH excluding ortho intramolecular Hbond substituents is 1. The maximum absolute atomic E-state index is 11.1. The van der Waals surface area contributed by atoms with E-state index in [0.717, 1.165) is 5.39 Å². The number of carbonyl (C=O) groups excluding carboxylic acids is 1. The van der Waals surface area contributed by atoms with Crippen molar-refractivity contribution in [3.63, 3.8) is 0 Å². The molecule has 2 aromatic rings. The van der Waals surface area contributed by atoms with Gasteiger partial charge in [-0.15, -0.1) is 0 Å². The number of aromatic hydroxyl groups is 1. The molecule has 0 bridgehead atoms. The number of cyclic esters (lactones) is 1. The van der Waals surface area contributed by atoms with Gasteiger partial charge in [0.25, 0.3) is 0 Å². The molecule has 1 aliphatic heterocycles. The van der Waals surface area contributed by atoms with Crippen LogP contribution in [-0.4, -0.2) is 27.8 Å². The summed E-state index contributed by atoms with van der Waals surface area (Å²) in [5.41, 5.74) is 0.00330. The summed E-state index contributed by atoms with van der Waals surface area (Å²) in [4.78, 5) is 19.7. The SMILES string of the molecule is CC1(c2ncc3cc(O)ccc3n2)COC(=O)N1. The van der Waals surface area contributed by atoms with E-state index in [2.05, 4.69) is 15.3 Å². The lowest BCUT2D eigenvalue weighted by molar-refractivity contribution is 0.172. The molecular weight excluding hydrogens is 234 g/mol. The minimum atomic E-state index is -0.705. The van der Waals surface area contributed by atoms with Crippen LogP contribution >= 0.6 is 0 Å². The van der Waals surface area contributed by atoms with E-state index in [9.17, 15) is 9.90 Å². The van der Waals surface area contributed by atoms with Gasteiger partial charge in [-0.3, -0.25) is 0 Å². The van der Waals surface area contributed by atoms with Crippen LogP contribution in [0.1, 0.15) is 12.7 Å². The van der Waals surface area contributed by atoms with Gasteiger partial charge >= 0.3 is 6.09 Å². The molecule has 0 radical (unpaired) electrons. The third-order valence-electron chi connectivity index (χ3n) is 2.93. The van der Waals surface area contributed by atoms with Crippen molar-refractivity contribution in [2.24, 2.45) is 0 Å². The molecule has 1 atom stereocenters. The third kappa shape index (κ3) is 1.62. The Bertz CT molecular complexity index is 644. The fourth-order valence-electron chi connectivity index (χ4n) is 1.91. The number of ether oxygens (including phenoxy) is 1. The number of nitrogens with one attached hydrogen (secondary N) is 1. The zero-order valence-corrected chi connectivity index (χ0v) is 9.67. The molecule has 0 spiro atoms. The summed E-state index contributed by atoms with van der Waals surface area (Å²) in [5, 5.41) is 12.8. The highest BCUT2D eigenvalue weighted by Gasteiger charge is 2.39. The maximum atomic E-state index is 11.1. The zero-order chi connectivity index (χ0) is 12.8. The van der Waals surface area contributed by atoms with E-state index >= 15 is 0 Å². The number of hydrogen-bond donors (Lipinski definition) is 2. The number of alkyl carbamates (subject to hydrolysis) is 1.